The highest BCUT2D eigenvalue weighted by Gasteiger charge is 2.47. The Balaban J connectivity index is 0.000000186. The number of hydrogen-bond donors (Lipinski definition) is 6. The summed E-state index contributed by atoms with van der Waals surface area (Å²) in [5, 5.41) is 43.8. The summed E-state index contributed by atoms with van der Waals surface area (Å²) in [6.07, 6.45) is 3.73. The Labute approximate surface area is 710 Å². The molecule has 0 bridgehead atoms. The van der Waals surface area contributed by atoms with Crippen LogP contribution in [0.2, 0.25) is 5.02 Å². The number of nitrogens with zero attached hydrogens (tertiary/aromatic N) is 12. The van der Waals surface area contributed by atoms with E-state index in [2.05, 4.69) is 62.8 Å². The number of likely N-dealkylation sites (N-methyl/N-ethyl adjacent to an activating group) is 3. The fourth-order valence-electron chi connectivity index (χ4n) is 14.6. The third kappa shape index (κ3) is 24.6. The van der Waals surface area contributed by atoms with Crippen LogP contribution in [0.4, 0.5) is 30.7 Å². The summed E-state index contributed by atoms with van der Waals surface area (Å²) in [4.78, 5) is 110. The maximum absolute atomic E-state index is 15.3. The number of rotatable bonds is 30. The molecule has 118 heavy (non-hydrogen) atoms. The Hall–Kier alpha value is -8.48. The number of carboxylic acid groups (broad SMARTS) is 3. The van der Waals surface area contributed by atoms with Crippen LogP contribution in [-0.4, -0.2) is 270 Å². The van der Waals surface area contributed by atoms with Crippen molar-refractivity contribution in [3.05, 3.63) is 186 Å². The van der Waals surface area contributed by atoms with E-state index in [4.69, 9.17) is 56.1 Å². The van der Waals surface area contributed by atoms with Gasteiger partial charge in [-0.2, -0.15) is 0 Å². The highest BCUT2D eigenvalue weighted by Crippen LogP contribution is 2.43. The van der Waals surface area contributed by atoms with Gasteiger partial charge in [-0.15, -0.1) is 34.0 Å². The van der Waals surface area contributed by atoms with E-state index in [0.29, 0.717) is 121 Å². The lowest BCUT2D eigenvalue weighted by atomic mass is 9.91. The van der Waals surface area contributed by atoms with E-state index in [1.807, 2.05) is 15.2 Å². The zero-order valence-corrected chi connectivity index (χ0v) is 71.4. The van der Waals surface area contributed by atoms with Crippen LogP contribution < -0.4 is 16.0 Å². The third-order valence-electron chi connectivity index (χ3n) is 19.9. The second-order valence-corrected chi connectivity index (χ2v) is 33.5. The molecule has 12 rings (SSSR count). The average Bonchev–Trinajstić information content (AvgIpc) is 1.23. The van der Waals surface area contributed by atoms with E-state index < -0.39 is 102 Å². The zero-order valence-electron chi connectivity index (χ0n) is 65.0. The number of aliphatic carboxylic acids is 3. The molecule has 3 saturated heterocycles. The predicted octanol–water partition coefficient (Wildman–Crippen LogP) is 11.1. The normalized spacial score (nSPS) is 21.7. The molecule has 6 N–H and O–H groups in total. The molecule has 40 heteroatoms. The molecule has 6 aliphatic rings. The number of piperidine rings is 3. The summed E-state index contributed by atoms with van der Waals surface area (Å²) in [7, 11) is 4.84. The fraction of sp³-hybridized carbons (Fsp3) is 0.462. The number of aromatic nitrogens is 3. The molecule has 3 aromatic heterocycles. The van der Waals surface area contributed by atoms with Crippen LogP contribution in [-0.2, 0) is 43.0 Å². The number of hydrogen-bond acceptors (Lipinski definition) is 27. The van der Waals surface area contributed by atoms with Gasteiger partial charge in [0.15, 0.2) is 32.5 Å². The van der Waals surface area contributed by atoms with Crippen molar-refractivity contribution in [3.63, 3.8) is 0 Å². The van der Waals surface area contributed by atoms with Gasteiger partial charge in [0, 0.05) is 141 Å². The molecule has 6 aliphatic heterocycles. The Morgan fingerprint density at radius 1 is 0.525 bits per heavy atom. The van der Waals surface area contributed by atoms with Gasteiger partial charge >= 0.3 is 35.8 Å². The number of halogens is 10. The number of esters is 3. The maximum Gasteiger partial charge on any atom is 0.338 e. The highest BCUT2D eigenvalue weighted by molar-refractivity contribution is 9.10. The van der Waals surface area contributed by atoms with Crippen molar-refractivity contribution in [1.82, 2.24) is 60.3 Å². The Morgan fingerprint density at radius 2 is 0.864 bits per heavy atom. The second kappa shape index (κ2) is 42.6. The van der Waals surface area contributed by atoms with Crippen molar-refractivity contribution in [2.45, 2.75) is 76.4 Å². The lowest BCUT2D eigenvalue weighted by molar-refractivity contribution is -0.141. The first-order chi connectivity index (χ1) is 56.3. The number of carbonyl (C=O) groups excluding carboxylic acids is 3. The smallest absolute Gasteiger partial charge is 0.338 e. The van der Waals surface area contributed by atoms with E-state index in [0.717, 1.165) is 0 Å². The van der Waals surface area contributed by atoms with Gasteiger partial charge in [-0.3, -0.25) is 58.8 Å². The molecule has 8 atom stereocenters. The Kier molecular flexibility index (Phi) is 33.2. The van der Waals surface area contributed by atoms with Gasteiger partial charge in [0.25, 0.3) is 5.92 Å². The van der Waals surface area contributed by atoms with E-state index in [1.165, 1.54) is 94.5 Å². The number of carbonyl (C=O) groups is 6. The van der Waals surface area contributed by atoms with Gasteiger partial charge in [0.2, 0.25) is 0 Å². The van der Waals surface area contributed by atoms with Crippen molar-refractivity contribution >= 4 is 131 Å². The molecule has 636 valence electrons. The summed E-state index contributed by atoms with van der Waals surface area (Å²) in [5.74, 6) is -9.71. The van der Waals surface area contributed by atoms with Crippen molar-refractivity contribution in [2.24, 2.45) is 32.7 Å². The monoisotopic (exact) mass is 1850 g/mol. The minimum Gasteiger partial charge on any atom is -0.480 e. The molecule has 27 nitrogen and oxygen atoms in total. The molecule has 0 saturated carbocycles. The summed E-state index contributed by atoms with van der Waals surface area (Å²) in [6, 6.07) is 9.55. The number of ether oxygens (including phenoxy) is 3. The number of amidine groups is 3. The zero-order chi connectivity index (χ0) is 85.2. The number of alkyl halides is 4. The van der Waals surface area contributed by atoms with Gasteiger partial charge in [0.1, 0.15) is 47.9 Å². The highest BCUT2D eigenvalue weighted by atomic mass is 79.9. The molecular weight excluding hydrogens is 1760 g/mol. The van der Waals surface area contributed by atoms with E-state index in [-0.39, 0.29) is 119 Å². The Morgan fingerprint density at radius 3 is 1.19 bits per heavy atom. The van der Waals surface area contributed by atoms with Crippen molar-refractivity contribution in [3.8, 4) is 0 Å². The third-order valence-corrected chi connectivity index (χ3v) is 23.9. The molecule has 0 spiro atoms. The molecule has 0 amide bonds. The topological polar surface area (TPSA) is 322 Å². The van der Waals surface area contributed by atoms with Gasteiger partial charge in [-0.05, 0) is 128 Å². The van der Waals surface area contributed by atoms with E-state index >= 15 is 17.6 Å². The first kappa shape index (κ1) is 91.8. The van der Waals surface area contributed by atoms with Crippen LogP contribution in [0.5, 0.6) is 0 Å². The summed E-state index contributed by atoms with van der Waals surface area (Å²) in [5.41, 5.74) is 3.47. The van der Waals surface area contributed by atoms with Crippen LogP contribution >= 0.6 is 77.5 Å². The van der Waals surface area contributed by atoms with Crippen molar-refractivity contribution < 1.29 is 89.0 Å². The first-order valence-corrected chi connectivity index (χ1v) is 42.2. The van der Waals surface area contributed by atoms with Gasteiger partial charge in [0.05, 0.1) is 62.7 Å². The predicted molar refractivity (Wildman–Crippen MR) is 438 cm³/mol. The van der Waals surface area contributed by atoms with Gasteiger partial charge in [-0.25, -0.2) is 60.1 Å². The van der Waals surface area contributed by atoms with Crippen LogP contribution in [0, 0.1) is 35.2 Å². The standard InChI is InChI=1S/C26H29BrF3N5O4S.C26H30BrF2N5O4S.C26H30ClF2N5O4S/c1-3-39-25(38)21-19(12-35-8-6-15(26(29,30)14-35)11-34(2)13-20(36)37)32-23(24-31-7-9-40-24)33-22(21)17-5-4-16(28)10-18(17)27;2*1-3-38-26(37)22-20(13-34-8-6-15(19(29)12-34)11-33(2)14-21(35)36)31-24(25-30-7-9-39-25)32-23(22)17-5-4-16(28)10-18(17)27/h4-5,7,9-10,15,22H,3,6,8,11-14H2,1-2H3,(H,32,33)(H,36,37);2*4-5,7,9-10,15,19,23H,3,6,8,11-14H2,1-2H3,(H,31,32)(H,35,36)/t15?,22-;2*15?,19?,23-/m000/s1. The number of nitrogens with one attached hydrogen (secondary N) is 3. The van der Waals surface area contributed by atoms with Crippen LogP contribution in [0.25, 0.3) is 0 Å². The fourth-order valence-corrected chi connectivity index (χ4v) is 17.8. The molecule has 5 unspecified atom stereocenters. The maximum atomic E-state index is 15.3. The van der Waals surface area contributed by atoms with Gasteiger partial charge in [-0.1, -0.05) is 61.7 Å². The van der Waals surface area contributed by atoms with Crippen LogP contribution in [0.15, 0.2) is 147 Å². The quantitative estimate of drug-likeness (QED) is 0.0139. The number of thiazole rings is 3. The minimum atomic E-state index is -3.09. The second-order valence-electron chi connectivity index (χ2n) is 28.7. The van der Waals surface area contributed by atoms with Crippen molar-refractivity contribution in [1.29, 1.82) is 0 Å². The van der Waals surface area contributed by atoms with Crippen LogP contribution in [0.1, 0.15) is 89.9 Å². The summed E-state index contributed by atoms with van der Waals surface area (Å²) in [6.45, 7) is 6.90. The van der Waals surface area contributed by atoms with E-state index in [1.54, 1.807) is 85.0 Å². The first-order valence-electron chi connectivity index (χ1n) is 37.6. The SMILES string of the molecule is CCOC(=O)C1=C(CN2CCC(CN(C)CC(=O)O)C(F)(F)C2)NC(c2nccs2)=N[C@H]1c1ccc(F)cc1Br.CCOC(=O)C1=C(CN2CCC(CN(C)CC(=O)O)C(F)C2)NC(c2nccs2)=N[C@H]1c1ccc(F)cc1Br.CCOC(=O)C1=C(CN2CCC(CN(C)CC(=O)O)C(F)C2)NC(c2nccs2)=N[C@H]1c1ccc(F)cc1Cl. The average molecular weight is 1850 g/mol. The van der Waals surface area contributed by atoms with E-state index in [9.17, 15) is 41.9 Å². The lowest BCUT2D eigenvalue weighted by Crippen LogP contribution is -2.53. The Bertz CT molecular complexity index is 4560. The molecule has 9 heterocycles. The number of carboxylic acids is 3. The number of benzene rings is 3. The molecular formula is C78H89Br2ClF7N15O12S3. The number of aliphatic imine (C=N–C) groups is 3. The van der Waals surface area contributed by atoms with Crippen LogP contribution in [0.3, 0.4) is 0 Å². The van der Waals surface area contributed by atoms with Crippen molar-refractivity contribution in [2.75, 3.05) is 139 Å². The molecule has 6 aromatic rings. The largest absolute Gasteiger partial charge is 0.480 e. The number of likely N-dealkylation sites (tertiary alicyclic amines) is 3. The molecule has 0 aliphatic carbocycles. The van der Waals surface area contributed by atoms with Gasteiger partial charge < -0.3 is 45.5 Å². The molecule has 3 aromatic carbocycles. The summed E-state index contributed by atoms with van der Waals surface area (Å²) < 4.78 is 120. The summed E-state index contributed by atoms with van der Waals surface area (Å²) >= 11 is 17.3. The molecule has 0 radical (unpaired) electrons. The lowest BCUT2D eigenvalue weighted by Gasteiger charge is -2.40. The minimum absolute atomic E-state index is 0.0267. The molecule has 3 fully saturated rings.